The summed E-state index contributed by atoms with van der Waals surface area (Å²) in [4.78, 5) is 18.2. The number of nitriles is 1. The summed E-state index contributed by atoms with van der Waals surface area (Å²) in [5.41, 5.74) is 3.41. The molecule has 2 aromatic heterocycles. The van der Waals surface area contributed by atoms with Crippen LogP contribution in [-0.4, -0.2) is 28.7 Å². The average molecular weight is 498 g/mol. The number of pyridine rings is 1. The number of para-hydroxylation sites is 1. The first kappa shape index (κ1) is 23.8. The van der Waals surface area contributed by atoms with Crippen LogP contribution in [0.1, 0.15) is 36.1 Å². The molecule has 2 fully saturated rings. The predicted molar refractivity (Wildman–Crippen MR) is 140 cm³/mol. The number of aromatic nitrogens is 2. The van der Waals surface area contributed by atoms with Crippen LogP contribution in [0.3, 0.4) is 0 Å². The number of hydrogen-bond donors (Lipinski definition) is 0. The molecule has 6 nitrogen and oxygen atoms in total. The van der Waals surface area contributed by atoms with E-state index in [2.05, 4.69) is 12.6 Å². The molecule has 180 valence electrons. The third-order valence-electron chi connectivity index (χ3n) is 6.47. The summed E-state index contributed by atoms with van der Waals surface area (Å²) in [6.45, 7) is 4.22. The molecule has 2 atom stereocenters. The van der Waals surface area contributed by atoms with Gasteiger partial charge in [-0.15, -0.1) is 0 Å². The average Bonchev–Trinajstić information content (AvgIpc) is 3.52. The van der Waals surface area contributed by atoms with E-state index in [-0.39, 0.29) is 5.56 Å². The van der Waals surface area contributed by atoms with Crippen molar-refractivity contribution in [1.29, 1.82) is 5.26 Å². The van der Waals surface area contributed by atoms with Crippen LogP contribution >= 0.6 is 11.6 Å². The molecule has 2 aromatic carbocycles. The first-order chi connectivity index (χ1) is 17.5. The van der Waals surface area contributed by atoms with Crippen LogP contribution in [0, 0.1) is 11.3 Å². The summed E-state index contributed by atoms with van der Waals surface area (Å²) < 4.78 is 12.0. The molecule has 0 radical (unpaired) electrons. The predicted octanol–water partition coefficient (Wildman–Crippen LogP) is 5.89. The number of rotatable bonds is 4. The molecule has 6 rings (SSSR count). The number of nitrogens with zero attached hydrogens (tertiary/aromatic N) is 3. The summed E-state index contributed by atoms with van der Waals surface area (Å²) in [7, 11) is 1.58. The summed E-state index contributed by atoms with van der Waals surface area (Å²) in [5.74, 6) is 0.631. The van der Waals surface area contributed by atoms with E-state index >= 15 is 0 Å². The molecule has 7 heteroatoms. The van der Waals surface area contributed by atoms with E-state index in [9.17, 15) is 4.79 Å². The van der Waals surface area contributed by atoms with Crippen LogP contribution in [0.4, 0.5) is 0 Å². The zero-order valence-corrected chi connectivity index (χ0v) is 20.5. The lowest BCUT2D eigenvalue weighted by atomic mass is 9.95. The van der Waals surface area contributed by atoms with Gasteiger partial charge in [0.1, 0.15) is 11.4 Å². The first-order valence-electron chi connectivity index (χ1n) is 11.7. The van der Waals surface area contributed by atoms with Crippen molar-refractivity contribution in [2.24, 2.45) is 0 Å². The van der Waals surface area contributed by atoms with Crippen LogP contribution < -0.4 is 10.3 Å². The number of benzene rings is 2. The quantitative estimate of drug-likeness (QED) is 0.328. The zero-order valence-electron chi connectivity index (χ0n) is 19.8. The van der Waals surface area contributed by atoms with Crippen LogP contribution in [0.25, 0.3) is 22.3 Å². The fourth-order valence-electron chi connectivity index (χ4n) is 4.53. The second kappa shape index (κ2) is 9.98. The van der Waals surface area contributed by atoms with Gasteiger partial charge >= 0.3 is 0 Å². The Hall–Kier alpha value is -3.92. The molecule has 0 spiro atoms. The summed E-state index contributed by atoms with van der Waals surface area (Å²) in [6.07, 6.45) is 7.05. The van der Waals surface area contributed by atoms with Gasteiger partial charge < -0.3 is 9.47 Å². The molecule has 2 aliphatic rings. The lowest BCUT2D eigenvalue weighted by Gasteiger charge is -2.15. The Morgan fingerprint density at radius 1 is 1.14 bits per heavy atom. The normalized spacial score (nSPS) is 17.5. The molecular formula is C29H24ClN3O3. The second-order valence-electron chi connectivity index (χ2n) is 8.73. The Balaban J connectivity index is 0.000000382. The highest BCUT2D eigenvalue weighted by molar-refractivity contribution is 6.30. The summed E-state index contributed by atoms with van der Waals surface area (Å²) >= 11 is 6.11. The number of hydrogen-bond acceptors (Lipinski definition) is 5. The molecular weight excluding hydrogens is 474 g/mol. The molecule has 1 saturated heterocycles. The first-order valence-corrected chi connectivity index (χ1v) is 12.1. The van der Waals surface area contributed by atoms with E-state index in [1.165, 1.54) is 29.9 Å². The van der Waals surface area contributed by atoms with Gasteiger partial charge in [-0.05, 0) is 55.2 Å². The van der Waals surface area contributed by atoms with Crippen molar-refractivity contribution in [2.75, 3.05) is 7.11 Å². The molecule has 3 heterocycles. The smallest absolute Gasteiger partial charge is 0.266 e. The maximum Gasteiger partial charge on any atom is 0.266 e. The Kier molecular flexibility index (Phi) is 6.60. The van der Waals surface area contributed by atoms with Crippen molar-refractivity contribution in [2.45, 2.75) is 31.5 Å². The Morgan fingerprint density at radius 2 is 1.86 bits per heavy atom. The number of epoxide rings is 1. The fourth-order valence-corrected chi connectivity index (χ4v) is 4.69. The molecule has 0 N–H and O–H groups in total. The minimum absolute atomic E-state index is 0.279. The van der Waals surface area contributed by atoms with E-state index < -0.39 is 0 Å². The largest absolute Gasteiger partial charge is 0.496 e. The minimum Gasteiger partial charge on any atom is -0.496 e. The van der Waals surface area contributed by atoms with E-state index in [0.29, 0.717) is 56.6 Å². The third-order valence-corrected chi connectivity index (χ3v) is 6.70. The number of halogens is 1. The van der Waals surface area contributed by atoms with E-state index in [4.69, 9.17) is 31.3 Å². The molecule has 1 aliphatic heterocycles. The number of ether oxygens (including phenoxy) is 2. The van der Waals surface area contributed by atoms with Gasteiger partial charge in [0.15, 0.2) is 0 Å². The third kappa shape index (κ3) is 4.64. The van der Waals surface area contributed by atoms with Gasteiger partial charge in [-0.25, -0.2) is 4.98 Å². The second-order valence-corrected chi connectivity index (χ2v) is 9.16. The Morgan fingerprint density at radius 3 is 2.47 bits per heavy atom. The number of fused-ring (bicyclic) bond motifs is 2. The van der Waals surface area contributed by atoms with Gasteiger partial charge in [0.05, 0.1) is 47.2 Å². The number of methoxy groups -OCH3 is 1. The van der Waals surface area contributed by atoms with Crippen LogP contribution in [-0.2, 0) is 4.74 Å². The van der Waals surface area contributed by atoms with E-state index in [0.717, 1.165) is 5.56 Å². The van der Waals surface area contributed by atoms with E-state index in [1.54, 1.807) is 43.5 Å². The van der Waals surface area contributed by atoms with Crippen molar-refractivity contribution in [3.63, 3.8) is 0 Å². The van der Waals surface area contributed by atoms with Crippen LogP contribution in [0.2, 0.25) is 5.02 Å². The van der Waals surface area contributed by atoms with E-state index in [1.807, 2.05) is 24.3 Å². The van der Waals surface area contributed by atoms with Gasteiger partial charge in [-0.1, -0.05) is 48.5 Å². The maximum absolute atomic E-state index is 13.5. The molecule has 36 heavy (non-hydrogen) atoms. The van der Waals surface area contributed by atoms with Crippen molar-refractivity contribution in [3.05, 3.63) is 106 Å². The zero-order chi connectivity index (χ0) is 25.2. The molecule has 0 bridgehead atoms. The van der Waals surface area contributed by atoms with Crippen molar-refractivity contribution >= 4 is 22.8 Å². The Labute approximate surface area is 214 Å². The Bertz CT molecular complexity index is 1550. The standard InChI is InChI=1S/C24H16ClN3O2.C5H8O/c1-15(19-5-3-4-6-20(19)30-2)23-22(17-9-7-16(13-26)8-10-17)24(29)28-14-18(25)11-12-21(28)27-23;1-2-4-5(3-1)6-4/h3-12,14H,1H2,2H3;4-5H,1-3H2. The van der Waals surface area contributed by atoms with Crippen molar-refractivity contribution in [1.82, 2.24) is 9.38 Å². The summed E-state index contributed by atoms with van der Waals surface area (Å²) in [6, 6.07) is 19.7. The SMILES string of the molecule is C1CC2OC2C1.C=C(c1ccccc1OC)c1nc2ccc(Cl)cn2c(=O)c1-c1ccc(C#N)cc1. The minimum atomic E-state index is -0.279. The summed E-state index contributed by atoms with van der Waals surface area (Å²) in [5, 5.41) is 9.53. The molecule has 1 saturated carbocycles. The van der Waals surface area contributed by atoms with Gasteiger partial charge in [0.25, 0.3) is 5.56 Å². The fraction of sp³-hybridized carbons (Fsp3) is 0.207. The highest BCUT2D eigenvalue weighted by Gasteiger charge is 2.42. The monoisotopic (exact) mass is 497 g/mol. The highest BCUT2D eigenvalue weighted by Crippen LogP contribution is 2.37. The van der Waals surface area contributed by atoms with Gasteiger partial charge in [-0.2, -0.15) is 5.26 Å². The molecule has 0 amide bonds. The van der Waals surface area contributed by atoms with Crippen LogP contribution in [0.15, 0.2) is 78.2 Å². The van der Waals surface area contributed by atoms with Crippen LogP contribution in [0.5, 0.6) is 5.75 Å². The van der Waals surface area contributed by atoms with Gasteiger partial charge in [0.2, 0.25) is 0 Å². The van der Waals surface area contributed by atoms with Crippen molar-refractivity contribution < 1.29 is 9.47 Å². The van der Waals surface area contributed by atoms with Crippen molar-refractivity contribution in [3.8, 4) is 22.9 Å². The maximum atomic E-state index is 13.5. The topological polar surface area (TPSA) is 79.9 Å². The highest BCUT2D eigenvalue weighted by atomic mass is 35.5. The van der Waals surface area contributed by atoms with Gasteiger partial charge in [-0.3, -0.25) is 9.20 Å². The molecule has 4 aromatic rings. The lowest BCUT2D eigenvalue weighted by molar-refractivity contribution is 0.322. The molecule has 1 aliphatic carbocycles. The lowest BCUT2D eigenvalue weighted by Crippen LogP contribution is -2.20. The molecule has 2 unspecified atom stereocenters. The van der Waals surface area contributed by atoms with Gasteiger partial charge in [0, 0.05) is 17.3 Å².